The lowest BCUT2D eigenvalue weighted by molar-refractivity contribution is -0.125. The van der Waals surface area contributed by atoms with Crippen LogP contribution in [0.2, 0.25) is 0 Å². The van der Waals surface area contributed by atoms with Crippen molar-refractivity contribution in [2.24, 2.45) is 40.4 Å². The molecule has 7 atom stereocenters. The minimum atomic E-state index is 0.215. The number of carbonyl (C=O) groups excluding carboxylic acids is 1. The van der Waals surface area contributed by atoms with E-state index in [4.69, 9.17) is 0 Å². The van der Waals surface area contributed by atoms with Crippen molar-refractivity contribution < 1.29 is 4.79 Å². The van der Waals surface area contributed by atoms with Gasteiger partial charge in [0.2, 0.25) is 5.91 Å². The normalized spacial score (nSPS) is 47.5. The summed E-state index contributed by atoms with van der Waals surface area (Å²) in [6.07, 6.45) is 15.6. The highest BCUT2D eigenvalue weighted by molar-refractivity contribution is 5.79. The zero-order valence-corrected chi connectivity index (χ0v) is 17.4. The number of carbonyl (C=O) groups is 1. The summed E-state index contributed by atoms with van der Waals surface area (Å²) in [5.74, 6) is 4.29. The number of amides is 1. The summed E-state index contributed by atoms with van der Waals surface area (Å²) in [6.45, 7) is 9.86. The molecule has 2 nitrogen and oxygen atoms in total. The lowest BCUT2D eigenvalue weighted by Crippen LogP contribution is -2.55. The SMILES string of the molecule is CCCCCC1CC[C@H]2[C@@H]3C(C)C=C4NC(=O)CC[C@]4(C)[C@@H]3CC[C@]12C. The third-order valence-electron chi connectivity index (χ3n) is 9.30. The molecule has 3 aliphatic carbocycles. The average molecular weight is 358 g/mol. The molecule has 3 fully saturated rings. The average Bonchev–Trinajstić information content (AvgIpc) is 2.93. The molecule has 0 aromatic rings. The maximum atomic E-state index is 12.0. The van der Waals surface area contributed by atoms with Gasteiger partial charge in [-0.2, -0.15) is 0 Å². The summed E-state index contributed by atoms with van der Waals surface area (Å²) < 4.78 is 0. The fourth-order valence-corrected chi connectivity index (χ4v) is 7.75. The third-order valence-corrected chi connectivity index (χ3v) is 9.30. The molecular formula is C24H39NO. The van der Waals surface area contributed by atoms with Crippen LogP contribution in [0.3, 0.4) is 0 Å². The quantitative estimate of drug-likeness (QED) is 0.607. The van der Waals surface area contributed by atoms with Gasteiger partial charge in [0.1, 0.15) is 0 Å². The van der Waals surface area contributed by atoms with Crippen molar-refractivity contribution in [1.82, 2.24) is 5.32 Å². The second kappa shape index (κ2) is 6.67. The van der Waals surface area contributed by atoms with Gasteiger partial charge in [0.25, 0.3) is 0 Å². The summed E-state index contributed by atoms with van der Waals surface area (Å²) in [7, 11) is 0. The molecule has 4 aliphatic rings. The second-order valence-corrected chi connectivity index (χ2v) is 10.5. The Balaban J connectivity index is 1.60. The zero-order valence-electron chi connectivity index (χ0n) is 17.4. The van der Waals surface area contributed by atoms with Gasteiger partial charge in [-0.15, -0.1) is 0 Å². The van der Waals surface area contributed by atoms with Gasteiger partial charge in [0.05, 0.1) is 0 Å². The lowest BCUT2D eigenvalue weighted by Gasteiger charge is -2.59. The van der Waals surface area contributed by atoms with E-state index in [1.54, 1.807) is 0 Å². The van der Waals surface area contributed by atoms with Crippen molar-refractivity contribution in [2.45, 2.75) is 91.9 Å². The Morgan fingerprint density at radius 1 is 1.12 bits per heavy atom. The largest absolute Gasteiger partial charge is 0.330 e. The van der Waals surface area contributed by atoms with E-state index >= 15 is 0 Å². The summed E-state index contributed by atoms with van der Waals surface area (Å²) >= 11 is 0. The van der Waals surface area contributed by atoms with Gasteiger partial charge in [0.15, 0.2) is 0 Å². The van der Waals surface area contributed by atoms with E-state index in [2.05, 4.69) is 39.1 Å². The fraction of sp³-hybridized carbons (Fsp3) is 0.875. The molecule has 2 unspecified atom stereocenters. The first-order valence-corrected chi connectivity index (χ1v) is 11.4. The van der Waals surface area contributed by atoms with Crippen molar-refractivity contribution in [2.75, 3.05) is 0 Å². The number of allylic oxidation sites excluding steroid dienone is 2. The maximum Gasteiger partial charge on any atom is 0.224 e. The molecular weight excluding hydrogens is 318 g/mol. The van der Waals surface area contributed by atoms with E-state index in [1.165, 1.54) is 57.1 Å². The van der Waals surface area contributed by atoms with E-state index in [9.17, 15) is 4.79 Å². The summed E-state index contributed by atoms with van der Waals surface area (Å²) in [6, 6.07) is 0. The molecule has 146 valence electrons. The van der Waals surface area contributed by atoms with Crippen LogP contribution in [-0.2, 0) is 4.79 Å². The number of hydrogen-bond donors (Lipinski definition) is 1. The molecule has 1 N–H and O–H groups in total. The Morgan fingerprint density at radius 3 is 2.69 bits per heavy atom. The molecule has 0 spiro atoms. The first-order chi connectivity index (χ1) is 12.4. The summed E-state index contributed by atoms with van der Waals surface area (Å²) in [5.41, 5.74) is 2.05. The highest BCUT2D eigenvalue weighted by Crippen LogP contribution is 2.66. The zero-order chi connectivity index (χ0) is 18.5. The fourth-order valence-electron chi connectivity index (χ4n) is 7.75. The van der Waals surface area contributed by atoms with Gasteiger partial charge < -0.3 is 5.32 Å². The number of unbranched alkanes of at least 4 members (excludes halogenated alkanes) is 2. The predicted molar refractivity (Wildman–Crippen MR) is 107 cm³/mol. The highest BCUT2D eigenvalue weighted by atomic mass is 16.1. The van der Waals surface area contributed by atoms with Crippen LogP contribution >= 0.6 is 0 Å². The van der Waals surface area contributed by atoms with Crippen molar-refractivity contribution in [3.05, 3.63) is 11.8 Å². The molecule has 0 aromatic heterocycles. The molecule has 0 aromatic carbocycles. The third kappa shape index (κ3) is 2.69. The smallest absolute Gasteiger partial charge is 0.224 e. The second-order valence-electron chi connectivity index (χ2n) is 10.5. The lowest BCUT2D eigenvalue weighted by atomic mass is 9.47. The topological polar surface area (TPSA) is 29.1 Å². The Bertz CT molecular complexity index is 595. The molecule has 4 rings (SSSR count). The molecule has 1 saturated heterocycles. The van der Waals surface area contributed by atoms with E-state index in [-0.39, 0.29) is 11.3 Å². The van der Waals surface area contributed by atoms with Crippen molar-refractivity contribution >= 4 is 5.91 Å². The Hall–Kier alpha value is -0.790. The van der Waals surface area contributed by atoms with Gasteiger partial charge in [0, 0.05) is 17.5 Å². The Kier molecular flexibility index (Phi) is 4.77. The molecule has 1 heterocycles. The van der Waals surface area contributed by atoms with Crippen LogP contribution in [0.15, 0.2) is 11.8 Å². The van der Waals surface area contributed by atoms with Gasteiger partial charge in [-0.3, -0.25) is 4.79 Å². The van der Waals surface area contributed by atoms with E-state index in [0.29, 0.717) is 17.8 Å². The first kappa shape index (κ1) is 18.6. The van der Waals surface area contributed by atoms with Gasteiger partial charge in [-0.1, -0.05) is 53.0 Å². The van der Waals surface area contributed by atoms with E-state index < -0.39 is 0 Å². The molecule has 0 radical (unpaired) electrons. The van der Waals surface area contributed by atoms with Crippen LogP contribution < -0.4 is 5.32 Å². The maximum absolute atomic E-state index is 12.0. The molecule has 2 saturated carbocycles. The Labute approximate surface area is 160 Å². The van der Waals surface area contributed by atoms with Crippen LogP contribution in [0.5, 0.6) is 0 Å². The number of nitrogens with one attached hydrogen (secondary N) is 1. The van der Waals surface area contributed by atoms with Crippen LogP contribution in [0.1, 0.15) is 91.9 Å². The predicted octanol–water partition coefficient (Wildman–Crippen LogP) is 6.08. The van der Waals surface area contributed by atoms with Crippen LogP contribution in [0.4, 0.5) is 0 Å². The molecule has 1 aliphatic heterocycles. The summed E-state index contributed by atoms with van der Waals surface area (Å²) in [4.78, 5) is 12.0. The van der Waals surface area contributed by atoms with Crippen molar-refractivity contribution in [3.63, 3.8) is 0 Å². The van der Waals surface area contributed by atoms with Crippen molar-refractivity contribution in [1.29, 1.82) is 0 Å². The van der Waals surface area contributed by atoms with Gasteiger partial charge >= 0.3 is 0 Å². The first-order valence-electron chi connectivity index (χ1n) is 11.4. The van der Waals surface area contributed by atoms with Gasteiger partial charge in [-0.25, -0.2) is 0 Å². The Morgan fingerprint density at radius 2 is 1.92 bits per heavy atom. The van der Waals surface area contributed by atoms with Crippen molar-refractivity contribution in [3.8, 4) is 0 Å². The van der Waals surface area contributed by atoms with Crippen LogP contribution in [0.25, 0.3) is 0 Å². The van der Waals surface area contributed by atoms with E-state index in [0.717, 1.165) is 30.1 Å². The van der Waals surface area contributed by atoms with E-state index in [1.807, 2.05) is 0 Å². The van der Waals surface area contributed by atoms with Crippen LogP contribution in [-0.4, -0.2) is 5.91 Å². The number of piperidine rings is 1. The monoisotopic (exact) mass is 357 g/mol. The van der Waals surface area contributed by atoms with Crippen LogP contribution in [0, 0.1) is 40.4 Å². The highest BCUT2D eigenvalue weighted by Gasteiger charge is 2.59. The standard InChI is InChI=1S/C24H39NO/c1-5-6-7-8-17-9-10-18-22-16(2)15-20-24(4,14-12-21(26)25-20)19(22)11-13-23(17,18)3/h15-19,22H,5-14H2,1-4H3,(H,25,26)/t16?,17?,18-,19+,22-,23+,24+/m0/s1. The minimum Gasteiger partial charge on any atom is -0.330 e. The van der Waals surface area contributed by atoms with Gasteiger partial charge in [-0.05, 0) is 73.5 Å². The molecule has 2 heteroatoms. The molecule has 1 amide bonds. The number of rotatable bonds is 4. The minimum absolute atomic E-state index is 0.215. The molecule has 26 heavy (non-hydrogen) atoms. The number of fused-ring (bicyclic) bond motifs is 5. The number of hydrogen-bond acceptors (Lipinski definition) is 1. The summed E-state index contributed by atoms with van der Waals surface area (Å²) in [5, 5.41) is 3.26. The molecule has 0 bridgehead atoms.